The van der Waals surface area contributed by atoms with Crippen molar-refractivity contribution in [2.24, 2.45) is 7.05 Å². The molecule has 0 saturated heterocycles. The predicted octanol–water partition coefficient (Wildman–Crippen LogP) is 2.36. The molecule has 0 fully saturated rings. The van der Waals surface area contributed by atoms with Gasteiger partial charge in [0, 0.05) is 19.7 Å². The van der Waals surface area contributed by atoms with Gasteiger partial charge in [0.05, 0.1) is 5.69 Å². The Labute approximate surface area is 118 Å². The highest BCUT2D eigenvalue weighted by Crippen LogP contribution is 2.21. The van der Waals surface area contributed by atoms with Crippen LogP contribution in [0.15, 0.2) is 30.3 Å². The fourth-order valence-electron chi connectivity index (χ4n) is 2.14. The largest absolute Gasteiger partial charge is 0.367 e. The molecular weight excluding hydrogens is 254 g/mol. The van der Waals surface area contributed by atoms with Crippen LogP contribution in [0.2, 0.25) is 0 Å². The van der Waals surface area contributed by atoms with E-state index in [-0.39, 0.29) is 5.91 Å². The average molecular weight is 273 g/mol. The number of carbonyl (C=O) groups is 1. The first-order valence-corrected chi connectivity index (χ1v) is 6.43. The van der Waals surface area contributed by atoms with Gasteiger partial charge >= 0.3 is 0 Å². The summed E-state index contributed by atoms with van der Waals surface area (Å²) in [4.78, 5) is 12.4. The summed E-state index contributed by atoms with van der Waals surface area (Å²) in [5.74, 6) is 0.496. The standard InChI is InChI=1S/C15H19N3O2/c1-10-11(2)17-18(3)14(10)16-15(19)13(20-4)12-8-6-5-7-9-12/h5-9,13H,1-4H3,(H,16,19)/t13-/m0/s1. The molecule has 1 heterocycles. The van der Waals surface area contributed by atoms with Gasteiger partial charge in [-0.3, -0.25) is 9.48 Å². The van der Waals surface area contributed by atoms with E-state index in [1.54, 1.807) is 11.7 Å². The summed E-state index contributed by atoms with van der Waals surface area (Å²) in [5, 5.41) is 7.17. The molecule has 106 valence electrons. The zero-order valence-corrected chi connectivity index (χ0v) is 12.2. The Kier molecular flexibility index (Phi) is 4.20. The van der Waals surface area contributed by atoms with E-state index in [9.17, 15) is 4.79 Å². The van der Waals surface area contributed by atoms with Crippen LogP contribution in [-0.2, 0) is 16.6 Å². The number of ether oxygens (including phenoxy) is 1. The first-order valence-electron chi connectivity index (χ1n) is 6.43. The molecule has 0 aliphatic heterocycles. The van der Waals surface area contributed by atoms with Gasteiger partial charge in [0.25, 0.3) is 5.91 Å². The molecular formula is C15H19N3O2. The van der Waals surface area contributed by atoms with Gasteiger partial charge in [-0.25, -0.2) is 0 Å². The first-order chi connectivity index (χ1) is 9.54. The molecule has 1 amide bonds. The predicted molar refractivity (Wildman–Crippen MR) is 77.5 cm³/mol. The average Bonchev–Trinajstić information content (AvgIpc) is 2.67. The number of rotatable bonds is 4. The maximum atomic E-state index is 12.4. The normalized spacial score (nSPS) is 12.2. The van der Waals surface area contributed by atoms with Crippen molar-refractivity contribution in [2.75, 3.05) is 12.4 Å². The fraction of sp³-hybridized carbons (Fsp3) is 0.333. The third kappa shape index (κ3) is 2.72. The zero-order chi connectivity index (χ0) is 14.7. The van der Waals surface area contributed by atoms with E-state index in [0.717, 1.165) is 16.8 Å². The Morgan fingerprint density at radius 3 is 2.45 bits per heavy atom. The van der Waals surface area contributed by atoms with Gasteiger partial charge in [0.15, 0.2) is 6.10 Å². The summed E-state index contributed by atoms with van der Waals surface area (Å²) in [5.41, 5.74) is 2.68. The Morgan fingerprint density at radius 1 is 1.30 bits per heavy atom. The van der Waals surface area contributed by atoms with Gasteiger partial charge in [-0.2, -0.15) is 5.10 Å². The Balaban J connectivity index is 2.22. The molecule has 1 aromatic carbocycles. The zero-order valence-electron chi connectivity index (χ0n) is 12.2. The minimum Gasteiger partial charge on any atom is -0.367 e. The van der Waals surface area contributed by atoms with Crippen molar-refractivity contribution in [3.8, 4) is 0 Å². The summed E-state index contributed by atoms with van der Waals surface area (Å²) in [6.07, 6.45) is -0.634. The van der Waals surface area contributed by atoms with Crippen LogP contribution < -0.4 is 5.32 Å². The molecule has 5 nitrogen and oxygen atoms in total. The maximum Gasteiger partial charge on any atom is 0.259 e. The molecule has 2 rings (SSSR count). The van der Waals surface area contributed by atoms with Crippen molar-refractivity contribution in [3.05, 3.63) is 47.2 Å². The van der Waals surface area contributed by atoms with Gasteiger partial charge in [-0.05, 0) is 19.4 Å². The number of hydrogen-bond donors (Lipinski definition) is 1. The molecule has 0 saturated carbocycles. The number of amides is 1. The highest BCUT2D eigenvalue weighted by Gasteiger charge is 2.22. The third-order valence-corrected chi connectivity index (χ3v) is 3.34. The van der Waals surface area contributed by atoms with Crippen LogP contribution in [0.25, 0.3) is 0 Å². The lowest BCUT2D eigenvalue weighted by molar-refractivity contribution is -0.126. The van der Waals surface area contributed by atoms with Crippen molar-refractivity contribution in [1.29, 1.82) is 0 Å². The second kappa shape index (κ2) is 5.88. The van der Waals surface area contributed by atoms with Crippen molar-refractivity contribution in [1.82, 2.24) is 9.78 Å². The molecule has 0 radical (unpaired) electrons. The summed E-state index contributed by atoms with van der Waals surface area (Å²) in [6, 6.07) is 9.41. The van der Waals surface area contributed by atoms with Crippen LogP contribution in [-0.4, -0.2) is 22.8 Å². The Morgan fingerprint density at radius 2 is 1.95 bits per heavy atom. The van der Waals surface area contributed by atoms with Crippen LogP contribution in [0.1, 0.15) is 22.9 Å². The number of carbonyl (C=O) groups excluding carboxylic acids is 1. The minimum atomic E-state index is -0.634. The lowest BCUT2D eigenvalue weighted by atomic mass is 10.1. The summed E-state index contributed by atoms with van der Waals surface area (Å²) in [6.45, 7) is 3.85. The SMILES string of the molecule is CO[C@H](C(=O)Nc1c(C)c(C)nn1C)c1ccccc1. The van der Waals surface area contributed by atoms with Gasteiger partial charge in [-0.1, -0.05) is 30.3 Å². The van der Waals surface area contributed by atoms with Crippen LogP contribution in [0.3, 0.4) is 0 Å². The van der Waals surface area contributed by atoms with Gasteiger partial charge < -0.3 is 10.1 Å². The van der Waals surface area contributed by atoms with Gasteiger partial charge in [-0.15, -0.1) is 0 Å². The van der Waals surface area contributed by atoms with E-state index >= 15 is 0 Å². The van der Waals surface area contributed by atoms with E-state index in [1.165, 1.54) is 7.11 Å². The highest BCUT2D eigenvalue weighted by molar-refractivity contribution is 5.94. The number of nitrogens with zero attached hydrogens (tertiary/aromatic N) is 2. The fourth-order valence-corrected chi connectivity index (χ4v) is 2.14. The molecule has 0 spiro atoms. The number of anilines is 1. The minimum absolute atomic E-state index is 0.204. The second-order valence-electron chi connectivity index (χ2n) is 4.70. The number of nitrogens with one attached hydrogen (secondary N) is 1. The smallest absolute Gasteiger partial charge is 0.259 e. The number of methoxy groups -OCH3 is 1. The van der Waals surface area contributed by atoms with Crippen molar-refractivity contribution in [2.45, 2.75) is 20.0 Å². The molecule has 1 N–H and O–H groups in total. The van der Waals surface area contributed by atoms with Crippen LogP contribution in [0.5, 0.6) is 0 Å². The van der Waals surface area contributed by atoms with Gasteiger partial charge in [0.2, 0.25) is 0 Å². The van der Waals surface area contributed by atoms with E-state index in [0.29, 0.717) is 5.82 Å². The van der Waals surface area contributed by atoms with Crippen LogP contribution in [0.4, 0.5) is 5.82 Å². The highest BCUT2D eigenvalue weighted by atomic mass is 16.5. The monoisotopic (exact) mass is 273 g/mol. The molecule has 0 bridgehead atoms. The Bertz CT molecular complexity index is 605. The number of aromatic nitrogens is 2. The second-order valence-corrected chi connectivity index (χ2v) is 4.70. The molecule has 0 aliphatic rings. The first kappa shape index (κ1) is 14.3. The molecule has 1 aromatic heterocycles. The Hall–Kier alpha value is -2.14. The molecule has 2 aromatic rings. The number of aryl methyl sites for hydroxylation is 2. The maximum absolute atomic E-state index is 12.4. The number of hydrogen-bond acceptors (Lipinski definition) is 3. The summed E-state index contributed by atoms with van der Waals surface area (Å²) in [7, 11) is 3.33. The quantitative estimate of drug-likeness (QED) is 0.930. The number of benzene rings is 1. The summed E-state index contributed by atoms with van der Waals surface area (Å²) >= 11 is 0. The van der Waals surface area contributed by atoms with Crippen LogP contribution in [0, 0.1) is 13.8 Å². The van der Waals surface area contributed by atoms with Crippen molar-refractivity contribution >= 4 is 11.7 Å². The van der Waals surface area contributed by atoms with E-state index < -0.39 is 6.10 Å². The van der Waals surface area contributed by atoms with E-state index in [4.69, 9.17) is 4.74 Å². The summed E-state index contributed by atoms with van der Waals surface area (Å²) < 4.78 is 6.98. The van der Waals surface area contributed by atoms with Gasteiger partial charge in [0.1, 0.15) is 5.82 Å². The van der Waals surface area contributed by atoms with E-state index in [1.807, 2.05) is 44.2 Å². The molecule has 0 unspecified atom stereocenters. The van der Waals surface area contributed by atoms with Crippen LogP contribution >= 0.6 is 0 Å². The molecule has 1 atom stereocenters. The topological polar surface area (TPSA) is 56.1 Å². The van der Waals surface area contributed by atoms with Crippen molar-refractivity contribution < 1.29 is 9.53 Å². The third-order valence-electron chi connectivity index (χ3n) is 3.34. The molecule has 20 heavy (non-hydrogen) atoms. The molecule has 5 heteroatoms. The lowest BCUT2D eigenvalue weighted by Gasteiger charge is -2.16. The van der Waals surface area contributed by atoms with Crippen molar-refractivity contribution in [3.63, 3.8) is 0 Å². The molecule has 0 aliphatic carbocycles. The van der Waals surface area contributed by atoms with E-state index in [2.05, 4.69) is 10.4 Å². The lowest BCUT2D eigenvalue weighted by Crippen LogP contribution is -2.24.